The van der Waals surface area contributed by atoms with E-state index in [4.69, 9.17) is 13.9 Å². The second-order valence-electron chi connectivity index (χ2n) is 10.9. The van der Waals surface area contributed by atoms with Gasteiger partial charge in [0.2, 0.25) is 8.32 Å². The molecule has 0 aliphatic carbocycles. The lowest BCUT2D eigenvalue weighted by Crippen LogP contribution is -2.61. The molecule has 1 aliphatic heterocycles. The molecule has 0 bridgehead atoms. The Hall–Kier alpha value is -1.05. The summed E-state index contributed by atoms with van der Waals surface area (Å²) in [7, 11) is -2.26. The minimum atomic E-state index is -2.26. The van der Waals surface area contributed by atoms with Crippen LogP contribution >= 0.6 is 0 Å². The zero-order valence-corrected chi connectivity index (χ0v) is 22.6. The highest BCUT2D eigenvalue weighted by molar-refractivity contribution is 6.77. The van der Waals surface area contributed by atoms with Crippen molar-refractivity contribution in [3.05, 3.63) is 35.9 Å². The Kier molecular flexibility index (Phi) is 8.90. The van der Waals surface area contributed by atoms with Crippen LogP contribution in [-0.4, -0.2) is 43.3 Å². The van der Waals surface area contributed by atoms with Gasteiger partial charge in [-0.15, -0.1) is 0 Å². The van der Waals surface area contributed by atoms with Gasteiger partial charge in [0.25, 0.3) is 0 Å². The molecule has 2 rings (SSSR count). The van der Waals surface area contributed by atoms with Gasteiger partial charge >= 0.3 is 0 Å². The molecule has 1 N–H and O–H groups in total. The quantitative estimate of drug-likeness (QED) is 0.452. The second-order valence-corrected chi connectivity index (χ2v) is 16.3. The Balaban J connectivity index is 2.46. The standard InChI is InChI=1S/C26H44O5Si/c1-16(2)23(31-32(17(3)4,18(5)6)19(7)8)25-22(28)24(29-26(9,10)30-25)21(27)20-14-12-11-13-15-20/h11-19,21,23-25,27H,1-10H3/t21-,23+,24-,25-/m1/s1. The van der Waals surface area contributed by atoms with Crippen molar-refractivity contribution in [2.45, 2.75) is 116 Å². The van der Waals surface area contributed by atoms with Crippen molar-refractivity contribution in [2.24, 2.45) is 5.92 Å². The van der Waals surface area contributed by atoms with Crippen LogP contribution in [0.15, 0.2) is 30.3 Å². The summed E-state index contributed by atoms with van der Waals surface area (Å²) in [6.45, 7) is 21.2. The molecule has 1 heterocycles. The van der Waals surface area contributed by atoms with Crippen LogP contribution in [0.1, 0.15) is 80.9 Å². The van der Waals surface area contributed by atoms with Crippen LogP contribution in [0.4, 0.5) is 0 Å². The van der Waals surface area contributed by atoms with Crippen molar-refractivity contribution in [1.29, 1.82) is 0 Å². The molecule has 0 aromatic heterocycles. The number of Topliss-reactive ketones (excluding diaryl/α,β-unsaturated/α-hetero) is 1. The number of hydrogen-bond acceptors (Lipinski definition) is 5. The summed E-state index contributed by atoms with van der Waals surface area (Å²) in [5, 5.41) is 11.0. The zero-order chi connectivity index (χ0) is 24.4. The fourth-order valence-corrected chi connectivity index (χ4v) is 11.1. The molecule has 182 valence electrons. The van der Waals surface area contributed by atoms with E-state index in [1.807, 2.05) is 30.3 Å². The summed E-state index contributed by atoms with van der Waals surface area (Å²) >= 11 is 0. The first-order valence-electron chi connectivity index (χ1n) is 12.0. The minimum Gasteiger partial charge on any atom is -0.410 e. The first-order valence-corrected chi connectivity index (χ1v) is 14.2. The lowest BCUT2D eigenvalue weighted by atomic mass is 9.91. The van der Waals surface area contributed by atoms with Crippen LogP contribution in [0.25, 0.3) is 0 Å². The zero-order valence-electron chi connectivity index (χ0n) is 21.6. The number of aliphatic hydroxyl groups is 1. The molecule has 0 spiro atoms. The Morgan fingerprint density at radius 2 is 1.34 bits per heavy atom. The van der Waals surface area contributed by atoms with Crippen molar-refractivity contribution in [1.82, 2.24) is 0 Å². The number of carbonyl (C=O) groups excluding carboxylic acids is 1. The largest absolute Gasteiger partial charge is 0.410 e. The van der Waals surface area contributed by atoms with E-state index < -0.39 is 38.5 Å². The third kappa shape index (κ3) is 5.53. The summed E-state index contributed by atoms with van der Waals surface area (Å²) < 4.78 is 19.3. The Morgan fingerprint density at radius 3 is 1.78 bits per heavy atom. The van der Waals surface area contributed by atoms with E-state index >= 15 is 0 Å². The minimum absolute atomic E-state index is 0.0653. The van der Waals surface area contributed by atoms with Crippen molar-refractivity contribution in [2.75, 3.05) is 0 Å². The summed E-state index contributed by atoms with van der Waals surface area (Å²) in [6, 6.07) is 9.19. The molecule has 6 heteroatoms. The summed E-state index contributed by atoms with van der Waals surface area (Å²) in [4.78, 5) is 13.7. The average Bonchev–Trinajstić information content (AvgIpc) is 2.69. The van der Waals surface area contributed by atoms with Crippen molar-refractivity contribution >= 4 is 14.1 Å². The summed E-state index contributed by atoms with van der Waals surface area (Å²) in [6.07, 6.45) is -3.28. The normalized spacial score (nSPS) is 23.9. The first-order chi connectivity index (χ1) is 14.7. The molecule has 5 nitrogen and oxygen atoms in total. The van der Waals surface area contributed by atoms with Gasteiger partial charge in [-0.2, -0.15) is 0 Å². The Morgan fingerprint density at radius 1 is 0.875 bits per heavy atom. The first kappa shape index (κ1) is 27.2. The van der Waals surface area contributed by atoms with Crippen LogP contribution in [0.2, 0.25) is 16.6 Å². The van der Waals surface area contributed by atoms with Gasteiger partial charge in [-0.25, -0.2) is 0 Å². The van der Waals surface area contributed by atoms with E-state index in [9.17, 15) is 9.90 Å². The van der Waals surface area contributed by atoms with Crippen molar-refractivity contribution in [3.8, 4) is 0 Å². The lowest BCUT2D eigenvalue weighted by molar-refractivity contribution is -0.302. The van der Waals surface area contributed by atoms with Gasteiger partial charge in [-0.05, 0) is 42.0 Å². The molecule has 0 unspecified atom stereocenters. The molecule has 1 aromatic rings. The van der Waals surface area contributed by atoms with E-state index in [0.29, 0.717) is 22.2 Å². The van der Waals surface area contributed by atoms with Gasteiger partial charge in [-0.3, -0.25) is 4.79 Å². The van der Waals surface area contributed by atoms with Crippen LogP contribution in [0.3, 0.4) is 0 Å². The van der Waals surface area contributed by atoms with Crippen LogP contribution < -0.4 is 0 Å². The highest BCUT2D eigenvalue weighted by Gasteiger charge is 2.53. The molecule has 1 aliphatic rings. The third-order valence-corrected chi connectivity index (χ3v) is 12.9. The van der Waals surface area contributed by atoms with Gasteiger partial charge in [0.1, 0.15) is 12.2 Å². The molecule has 0 radical (unpaired) electrons. The van der Waals surface area contributed by atoms with E-state index in [1.54, 1.807) is 13.8 Å². The summed E-state index contributed by atoms with van der Waals surface area (Å²) in [5.41, 5.74) is 1.81. The number of ether oxygens (including phenoxy) is 2. The van der Waals surface area contributed by atoms with Crippen LogP contribution in [0, 0.1) is 5.92 Å². The van der Waals surface area contributed by atoms with Gasteiger partial charge in [0.05, 0.1) is 6.10 Å². The molecular weight excluding hydrogens is 420 g/mol. The Bertz CT molecular complexity index is 722. The number of benzene rings is 1. The maximum Gasteiger partial charge on any atom is 0.200 e. The number of ketones is 1. The number of carbonyl (C=O) groups is 1. The lowest BCUT2D eigenvalue weighted by Gasteiger charge is -2.49. The molecule has 0 saturated carbocycles. The number of rotatable bonds is 9. The molecule has 0 amide bonds. The number of hydrogen-bond donors (Lipinski definition) is 1. The molecule has 4 atom stereocenters. The monoisotopic (exact) mass is 464 g/mol. The maximum atomic E-state index is 13.7. The van der Waals surface area contributed by atoms with Crippen molar-refractivity contribution in [3.63, 3.8) is 0 Å². The predicted octanol–water partition coefficient (Wildman–Crippen LogP) is 6.03. The van der Waals surface area contributed by atoms with Crippen molar-refractivity contribution < 1.29 is 23.8 Å². The predicted molar refractivity (Wildman–Crippen MR) is 131 cm³/mol. The van der Waals surface area contributed by atoms with Gasteiger partial charge in [0.15, 0.2) is 17.7 Å². The summed E-state index contributed by atoms with van der Waals surface area (Å²) in [5.74, 6) is -1.21. The van der Waals surface area contributed by atoms with E-state index in [2.05, 4.69) is 55.4 Å². The van der Waals surface area contributed by atoms with E-state index in [-0.39, 0.29) is 11.7 Å². The number of aliphatic hydroxyl groups excluding tert-OH is 1. The highest BCUT2D eigenvalue weighted by atomic mass is 28.4. The molecule has 1 aromatic carbocycles. The molecule has 1 saturated heterocycles. The maximum absolute atomic E-state index is 13.7. The topological polar surface area (TPSA) is 65.0 Å². The molecule has 1 fully saturated rings. The van der Waals surface area contributed by atoms with E-state index in [0.717, 1.165) is 0 Å². The fraction of sp³-hybridized carbons (Fsp3) is 0.731. The van der Waals surface area contributed by atoms with Crippen LogP contribution in [-0.2, 0) is 18.7 Å². The van der Waals surface area contributed by atoms with Gasteiger partial charge in [-0.1, -0.05) is 85.7 Å². The third-order valence-electron chi connectivity index (χ3n) is 6.81. The van der Waals surface area contributed by atoms with Gasteiger partial charge < -0.3 is 19.0 Å². The van der Waals surface area contributed by atoms with Crippen LogP contribution in [0.5, 0.6) is 0 Å². The highest BCUT2D eigenvalue weighted by Crippen LogP contribution is 2.45. The SMILES string of the molecule is CC(C)[C@H](O[Si](C(C)C)(C(C)C)C(C)C)[C@@H]1OC(C)(C)O[C@H]([C@H](O)c2ccccc2)C1=O. The fourth-order valence-electron chi connectivity index (χ4n) is 5.38. The Labute approximate surface area is 196 Å². The van der Waals surface area contributed by atoms with Gasteiger partial charge in [0, 0.05) is 0 Å². The second kappa shape index (κ2) is 10.5. The molecular formula is C26H44O5Si. The molecule has 32 heavy (non-hydrogen) atoms. The van der Waals surface area contributed by atoms with E-state index in [1.165, 1.54) is 0 Å². The smallest absolute Gasteiger partial charge is 0.200 e. The average molecular weight is 465 g/mol.